The van der Waals surface area contributed by atoms with E-state index in [0.29, 0.717) is 0 Å². The van der Waals surface area contributed by atoms with Crippen molar-refractivity contribution in [2.45, 2.75) is 13.8 Å². The predicted molar refractivity (Wildman–Crippen MR) is 93.8 cm³/mol. The first-order valence-corrected chi connectivity index (χ1v) is 7.71. The maximum Gasteiger partial charge on any atom is 0.163 e. The minimum atomic E-state index is 0.895. The van der Waals surface area contributed by atoms with E-state index >= 15 is 0 Å². The molecule has 2 aromatic carbocycles. The van der Waals surface area contributed by atoms with E-state index in [4.69, 9.17) is 4.98 Å². The average Bonchev–Trinajstić information content (AvgIpc) is 2.93. The van der Waals surface area contributed by atoms with Crippen LogP contribution >= 0.6 is 0 Å². The van der Waals surface area contributed by atoms with Crippen LogP contribution in [0, 0.1) is 13.8 Å². The summed E-state index contributed by atoms with van der Waals surface area (Å²) in [6.45, 7) is 4.11. The number of aryl methyl sites for hydroxylation is 2. The molecule has 0 atom stereocenters. The zero-order valence-corrected chi connectivity index (χ0v) is 13.2. The van der Waals surface area contributed by atoms with E-state index in [-0.39, 0.29) is 0 Å². The number of hydrogen-bond acceptors (Lipinski definition) is 2. The Balaban J connectivity index is 1.92. The highest BCUT2D eigenvalue weighted by molar-refractivity contribution is 5.82. The van der Waals surface area contributed by atoms with Crippen LogP contribution < -0.4 is 0 Å². The molecule has 3 nitrogen and oxygen atoms in total. The third-order valence-corrected chi connectivity index (χ3v) is 4.06. The van der Waals surface area contributed by atoms with Gasteiger partial charge in [-0.25, -0.2) is 9.67 Å². The molecule has 4 rings (SSSR count). The van der Waals surface area contributed by atoms with Gasteiger partial charge in [0.25, 0.3) is 0 Å². The maximum absolute atomic E-state index is 4.87. The summed E-state index contributed by atoms with van der Waals surface area (Å²) in [5.41, 5.74) is 6.25. The SMILES string of the molecule is Cc1ccc(-c2ccc3c(C)nn(-c4ccccc4)c3n2)cc1. The largest absolute Gasteiger partial charge is 0.228 e. The van der Waals surface area contributed by atoms with Crippen molar-refractivity contribution in [2.24, 2.45) is 0 Å². The van der Waals surface area contributed by atoms with Crippen LogP contribution in [0.4, 0.5) is 0 Å². The number of hydrogen-bond donors (Lipinski definition) is 0. The van der Waals surface area contributed by atoms with Crippen LogP contribution in [0.3, 0.4) is 0 Å². The highest BCUT2D eigenvalue weighted by Gasteiger charge is 2.11. The molecule has 0 saturated heterocycles. The van der Waals surface area contributed by atoms with Crippen LogP contribution in [0.25, 0.3) is 28.0 Å². The number of rotatable bonds is 2. The first-order valence-electron chi connectivity index (χ1n) is 7.71. The molecule has 0 spiro atoms. The summed E-state index contributed by atoms with van der Waals surface area (Å²) in [7, 11) is 0. The zero-order valence-electron chi connectivity index (χ0n) is 13.2. The van der Waals surface area contributed by atoms with Crippen LogP contribution in [0.1, 0.15) is 11.3 Å². The van der Waals surface area contributed by atoms with Crippen molar-refractivity contribution < 1.29 is 0 Å². The average molecular weight is 299 g/mol. The van der Waals surface area contributed by atoms with Crippen molar-refractivity contribution in [2.75, 3.05) is 0 Å². The van der Waals surface area contributed by atoms with Crippen LogP contribution in [-0.2, 0) is 0 Å². The second kappa shape index (κ2) is 5.36. The van der Waals surface area contributed by atoms with Crippen molar-refractivity contribution in [1.82, 2.24) is 14.8 Å². The molecule has 0 N–H and O–H groups in total. The zero-order chi connectivity index (χ0) is 15.8. The molecule has 112 valence electrons. The van der Waals surface area contributed by atoms with Gasteiger partial charge in [0.05, 0.1) is 17.1 Å². The molecule has 2 heterocycles. The van der Waals surface area contributed by atoms with Crippen molar-refractivity contribution in [3.63, 3.8) is 0 Å². The van der Waals surface area contributed by atoms with E-state index in [1.165, 1.54) is 5.56 Å². The lowest BCUT2D eigenvalue weighted by molar-refractivity contribution is 0.878. The van der Waals surface area contributed by atoms with Crippen molar-refractivity contribution >= 4 is 11.0 Å². The molecule has 0 aliphatic rings. The summed E-state index contributed by atoms with van der Waals surface area (Å²) >= 11 is 0. The second-order valence-corrected chi connectivity index (χ2v) is 5.77. The number of nitrogens with zero attached hydrogens (tertiary/aromatic N) is 3. The van der Waals surface area contributed by atoms with Gasteiger partial charge in [0.2, 0.25) is 0 Å². The molecule has 0 saturated carbocycles. The van der Waals surface area contributed by atoms with Crippen molar-refractivity contribution in [3.05, 3.63) is 78.0 Å². The highest BCUT2D eigenvalue weighted by atomic mass is 15.3. The van der Waals surface area contributed by atoms with Gasteiger partial charge in [-0.15, -0.1) is 0 Å². The Hall–Kier alpha value is -2.94. The summed E-state index contributed by atoms with van der Waals surface area (Å²) < 4.78 is 1.92. The van der Waals surface area contributed by atoms with Crippen LogP contribution in [0.5, 0.6) is 0 Å². The normalized spacial score (nSPS) is 11.0. The number of benzene rings is 2. The van der Waals surface area contributed by atoms with Gasteiger partial charge in [0, 0.05) is 10.9 Å². The fourth-order valence-corrected chi connectivity index (χ4v) is 2.78. The fraction of sp³-hybridized carbons (Fsp3) is 0.100. The molecule has 0 unspecified atom stereocenters. The number of pyridine rings is 1. The van der Waals surface area contributed by atoms with Crippen molar-refractivity contribution in [1.29, 1.82) is 0 Å². The lowest BCUT2D eigenvalue weighted by Crippen LogP contribution is -1.98. The summed E-state index contributed by atoms with van der Waals surface area (Å²) in [6, 6.07) is 22.8. The Kier molecular flexibility index (Phi) is 3.19. The molecule has 4 aromatic rings. The monoisotopic (exact) mass is 299 g/mol. The first kappa shape index (κ1) is 13.7. The standard InChI is InChI=1S/C20H17N3/c1-14-8-10-16(11-9-14)19-13-12-18-15(2)22-23(20(18)21-19)17-6-4-3-5-7-17/h3-13H,1-2H3. The Morgan fingerprint density at radius 3 is 2.26 bits per heavy atom. The van der Waals surface area contributed by atoms with Crippen molar-refractivity contribution in [3.8, 4) is 16.9 Å². The van der Waals surface area contributed by atoms with Gasteiger partial charge in [-0.1, -0.05) is 48.0 Å². The van der Waals surface area contributed by atoms with Gasteiger partial charge in [0.15, 0.2) is 5.65 Å². The lowest BCUT2D eigenvalue weighted by Gasteiger charge is -2.05. The molecule has 0 bridgehead atoms. The Morgan fingerprint density at radius 1 is 0.783 bits per heavy atom. The van der Waals surface area contributed by atoms with E-state index < -0.39 is 0 Å². The van der Waals surface area contributed by atoms with Gasteiger partial charge in [-0.3, -0.25) is 0 Å². The lowest BCUT2D eigenvalue weighted by atomic mass is 10.1. The Morgan fingerprint density at radius 2 is 1.52 bits per heavy atom. The third kappa shape index (κ3) is 2.40. The summed E-state index contributed by atoms with van der Waals surface area (Å²) in [5, 5.41) is 5.75. The number of aromatic nitrogens is 3. The van der Waals surface area contributed by atoms with E-state index in [1.54, 1.807) is 0 Å². The topological polar surface area (TPSA) is 30.7 Å². The summed E-state index contributed by atoms with van der Waals surface area (Å²) in [6.07, 6.45) is 0. The molecule has 0 fully saturated rings. The Labute approximate surface area is 135 Å². The minimum Gasteiger partial charge on any atom is -0.228 e. The van der Waals surface area contributed by atoms with E-state index in [1.807, 2.05) is 41.9 Å². The number of para-hydroxylation sites is 1. The van der Waals surface area contributed by atoms with E-state index in [2.05, 4.69) is 48.4 Å². The molecule has 0 aliphatic carbocycles. The molecule has 0 amide bonds. The van der Waals surface area contributed by atoms with Crippen LogP contribution in [-0.4, -0.2) is 14.8 Å². The van der Waals surface area contributed by atoms with E-state index in [9.17, 15) is 0 Å². The van der Waals surface area contributed by atoms with Crippen LogP contribution in [0.2, 0.25) is 0 Å². The second-order valence-electron chi connectivity index (χ2n) is 5.77. The molecule has 0 radical (unpaired) electrons. The number of fused-ring (bicyclic) bond motifs is 1. The smallest absolute Gasteiger partial charge is 0.163 e. The maximum atomic E-state index is 4.87. The van der Waals surface area contributed by atoms with Gasteiger partial charge in [-0.05, 0) is 38.1 Å². The molecule has 0 aliphatic heterocycles. The third-order valence-electron chi connectivity index (χ3n) is 4.06. The first-order chi connectivity index (χ1) is 11.2. The molecular weight excluding hydrogens is 282 g/mol. The molecule has 23 heavy (non-hydrogen) atoms. The van der Waals surface area contributed by atoms with Gasteiger partial charge in [0.1, 0.15) is 0 Å². The predicted octanol–water partition coefficient (Wildman–Crippen LogP) is 4.70. The van der Waals surface area contributed by atoms with E-state index in [0.717, 1.165) is 33.7 Å². The van der Waals surface area contributed by atoms with Gasteiger partial charge in [-0.2, -0.15) is 5.10 Å². The summed E-state index contributed by atoms with van der Waals surface area (Å²) in [5.74, 6) is 0. The highest BCUT2D eigenvalue weighted by Crippen LogP contribution is 2.25. The Bertz CT molecular complexity index is 967. The summed E-state index contributed by atoms with van der Waals surface area (Å²) in [4.78, 5) is 4.87. The molecular formula is C20H17N3. The fourth-order valence-electron chi connectivity index (χ4n) is 2.78. The minimum absolute atomic E-state index is 0.895. The van der Waals surface area contributed by atoms with Gasteiger partial charge < -0.3 is 0 Å². The van der Waals surface area contributed by atoms with Gasteiger partial charge >= 0.3 is 0 Å². The quantitative estimate of drug-likeness (QED) is 0.537. The molecule has 2 aromatic heterocycles. The molecule has 3 heteroatoms. The van der Waals surface area contributed by atoms with Crippen LogP contribution in [0.15, 0.2) is 66.7 Å².